The molecule has 0 aliphatic carbocycles. The molecule has 96 valence electrons. The second-order valence-corrected chi connectivity index (χ2v) is 5.11. The number of nitrogens with one attached hydrogen (secondary N) is 1. The van der Waals surface area contributed by atoms with Crippen molar-refractivity contribution in [2.24, 2.45) is 11.3 Å². The van der Waals surface area contributed by atoms with Gasteiger partial charge < -0.3 is 10.1 Å². The quantitative estimate of drug-likeness (QED) is 0.795. The van der Waals surface area contributed by atoms with E-state index in [1.54, 1.807) is 0 Å². The van der Waals surface area contributed by atoms with Crippen LogP contribution in [0.3, 0.4) is 0 Å². The Morgan fingerprint density at radius 2 is 2.18 bits per heavy atom. The van der Waals surface area contributed by atoms with Crippen molar-refractivity contribution in [3.05, 3.63) is 0 Å². The summed E-state index contributed by atoms with van der Waals surface area (Å²) in [5.41, 5.74) is 0.125. The molecule has 1 fully saturated rings. The lowest BCUT2D eigenvalue weighted by Gasteiger charge is -2.33. The van der Waals surface area contributed by atoms with Crippen LogP contribution in [0.5, 0.6) is 0 Å². The van der Waals surface area contributed by atoms with Crippen molar-refractivity contribution in [1.29, 1.82) is 5.26 Å². The molecule has 1 unspecified atom stereocenters. The monoisotopic (exact) mass is 238 g/mol. The van der Waals surface area contributed by atoms with Gasteiger partial charge >= 0.3 is 0 Å². The summed E-state index contributed by atoms with van der Waals surface area (Å²) in [6, 6.07) is 2.07. The highest BCUT2D eigenvalue weighted by Gasteiger charge is 2.28. The Bertz CT molecular complexity index is 290. The Kier molecular flexibility index (Phi) is 5.43. The van der Waals surface area contributed by atoms with Gasteiger partial charge in [0.15, 0.2) is 0 Å². The zero-order chi connectivity index (χ0) is 12.7. The molecule has 1 rings (SSSR count). The maximum Gasteiger partial charge on any atom is 0.237 e. The predicted molar refractivity (Wildman–Crippen MR) is 65.2 cm³/mol. The van der Waals surface area contributed by atoms with Gasteiger partial charge in [0.1, 0.15) is 5.92 Å². The van der Waals surface area contributed by atoms with Crippen LogP contribution < -0.4 is 5.32 Å². The second-order valence-electron chi connectivity index (χ2n) is 5.11. The van der Waals surface area contributed by atoms with Crippen LogP contribution in [-0.4, -0.2) is 25.7 Å². The summed E-state index contributed by atoms with van der Waals surface area (Å²) in [6.07, 6.45) is 3.44. The van der Waals surface area contributed by atoms with Gasteiger partial charge in [0.05, 0.1) is 6.07 Å². The minimum Gasteiger partial charge on any atom is -0.381 e. The van der Waals surface area contributed by atoms with Crippen molar-refractivity contribution in [3.8, 4) is 6.07 Å². The summed E-state index contributed by atoms with van der Waals surface area (Å²) < 4.78 is 5.31. The third-order valence-electron chi connectivity index (χ3n) is 3.44. The third-order valence-corrected chi connectivity index (χ3v) is 3.44. The second kappa shape index (κ2) is 6.61. The predicted octanol–water partition coefficient (Wildman–Crippen LogP) is 1.86. The Hall–Kier alpha value is -1.08. The van der Waals surface area contributed by atoms with Gasteiger partial charge in [-0.1, -0.05) is 20.3 Å². The van der Waals surface area contributed by atoms with E-state index in [0.29, 0.717) is 13.0 Å². The van der Waals surface area contributed by atoms with Gasteiger partial charge in [0.2, 0.25) is 5.91 Å². The molecule has 0 aromatic heterocycles. The number of rotatable bonds is 5. The van der Waals surface area contributed by atoms with Gasteiger partial charge in [-0.15, -0.1) is 0 Å². The molecule has 0 bridgehead atoms. The molecule has 1 heterocycles. The van der Waals surface area contributed by atoms with Gasteiger partial charge in [-0.3, -0.25) is 4.79 Å². The number of hydrogen-bond donors (Lipinski definition) is 1. The van der Waals surface area contributed by atoms with Gasteiger partial charge in [-0.05, 0) is 24.7 Å². The molecule has 0 saturated carbocycles. The van der Waals surface area contributed by atoms with E-state index in [9.17, 15) is 4.79 Å². The molecule has 1 aliphatic rings. The van der Waals surface area contributed by atoms with Gasteiger partial charge in [-0.25, -0.2) is 0 Å². The van der Waals surface area contributed by atoms with Crippen LogP contribution in [0.2, 0.25) is 0 Å². The Labute approximate surface area is 103 Å². The Morgan fingerprint density at radius 3 is 2.71 bits per heavy atom. The summed E-state index contributed by atoms with van der Waals surface area (Å²) in [5.74, 6) is -0.620. The van der Waals surface area contributed by atoms with Gasteiger partial charge in [-0.2, -0.15) is 5.26 Å². The first-order valence-electron chi connectivity index (χ1n) is 6.36. The maximum atomic E-state index is 11.8. The molecule has 0 radical (unpaired) electrons. The lowest BCUT2D eigenvalue weighted by molar-refractivity contribution is -0.124. The normalized spacial score (nSPS) is 20.3. The van der Waals surface area contributed by atoms with Crippen molar-refractivity contribution < 1.29 is 9.53 Å². The maximum absolute atomic E-state index is 11.8. The molecule has 1 saturated heterocycles. The lowest BCUT2D eigenvalue weighted by Crippen LogP contribution is -2.41. The molecule has 1 atom stereocenters. The SMILES string of the molecule is CCCC(C#N)C(=O)NCC1(C)CCOCC1. The summed E-state index contributed by atoms with van der Waals surface area (Å²) in [5, 5.41) is 11.8. The van der Waals surface area contributed by atoms with Crippen molar-refractivity contribution in [2.75, 3.05) is 19.8 Å². The molecule has 1 aliphatic heterocycles. The minimum absolute atomic E-state index is 0.123. The van der Waals surface area contributed by atoms with E-state index < -0.39 is 5.92 Å². The van der Waals surface area contributed by atoms with E-state index in [-0.39, 0.29) is 11.3 Å². The van der Waals surface area contributed by atoms with Crippen LogP contribution in [0.25, 0.3) is 0 Å². The summed E-state index contributed by atoms with van der Waals surface area (Å²) >= 11 is 0. The molecular weight excluding hydrogens is 216 g/mol. The minimum atomic E-state index is -0.497. The lowest BCUT2D eigenvalue weighted by atomic mass is 9.82. The molecule has 0 spiro atoms. The number of nitrogens with zero attached hydrogens (tertiary/aromatic N) is 1. The Morgan fingerprint density at radius 1 is 1.53 bits per heavy atom. The highest BCUT2D eigenvalue weighted by atomic mass is 16.5. The van der Waals surface area contributed by atoms with Gasteiger partial charge in [0, 0.05) is 19.8 Å². The number of nitriles is 1. The molecular formula is C13H22N2O2. The molecule has 0 aromatic carbocycles. The first-order chi connectivity index (χ1) is 8.11. The topological polar surface area (TPSA) is 62.1 Å². The number of carbonyl (C=O) groups excluding carboxylic acids is 1. The zero-order valence-corrected chi connectivity index (χ0v) is 10.8. The van der Waals surface area contributed by atoms with Crippen molar-refractivity contribution >= 4 is 5.91 Å². The van der Waals surface area contributed by atoms with Crippen LogP contribution >= 0.6 is 0 Å². The third kappa shape index (κ3) is 4.35. The number of amides is 1. The number of hydrogen-bond acceptors (Lipinski definition) is 3. The molecule has 1 amide bonds. The fraction of sp³-hybridized carbons (Fsp3) is 0.846. The molecule has 0 aromatic rings. The van der Waals surface area contributed by atoms with Crippen molar-refractivity contribution in [2.45, 2.75) is 39.5 Å². The first-order valence-corrected chi connectivity index (χ1v) is 6.36. The fourth-order valence-electron chi connectivity index (χ4n) is 2.01. The van der Waals surface area contributed by atoms with E-state index >= 15 is 0 Å². The first kappa shape index (κ1) is 14.0. The smallest absolute Gasteiger partial charge is 0.237 e. The molecule has 4 heteroatoms. The van der Waals surface area contributed by atoms with Crippen molar-refractivity contribution in [3.63, 3.8) is 0 Å². The largest absolute Gasteiger partial charge is 0.381 e. The Balaban J connectivity index is 2.38. The number of ether oxygens (including phenoxy) is 1. The van der Waals surface area contributed by atoms with Gasteiger partial charge in [0.25, 0.3) is 0 Å². The van der Waals surface area contributed by atoms with E-state index in [0.717, 1.165) is 32.5 Å². The van der Waals surface area contributed by atoms with Crippen LogP contribution in [0.1, 0.15) is 39.5 Å². The van der Waals surface area contributed by atoms with Crippen LogP contribution in [0.4, 0.5) is 0 Å². The average molecular weight is 238 g/mol. The molecule has 17 heavy (non-hydrogen) atoms. The van der Waals surface area contributed by atoms with Crippen LogP contribution in [0, 0.1) is 22.7 Å². The van der Waals surface area contributed by atoms with E-state index in [1.165, 1.54) is 0 Å². The average Bonchev–Trinajstić information content (AvgIpc) is 2.34. The van der Waals surface area contributed by atoms with Crippen LogP contribution in [0.15, 0.2) is 0 Å². The van der Waals surface area contributed by atoms with Crippen molar-refractivity contribution in [1.82, 2.24) is 5.32 Å². The highest BCUT2D eigenvalue weighted by molar-refractivity contribution is 5.81. The summed E-state index contributed by atoms with van der Waals surface area (Å²) in [6.45, 7) is 6.33. The van der Waals surface area contributed by atoms with E-state index in [1.807, 2.05) is 6.92 Å². The molecule has 1 N–H and O–H groups in total. The van der Waals surface area contributed by atoms with E-state index in [4.69, 9.17) is 10.00 Å². The number of carbonyl (C=O) groups is 1. The fourth-order valence-corrected chi connectivity index (χ4v) is 2.01. The van der Waals surface area contributed by atoms with E-state index in [2.05, 4.69) is 18.3 Å². The standard InChI is InChI=1S/C13H22N2O2/c1-3-4-11(9-14)12(16)15-10-13(2)5-7-17-8-6-13/h11H,3-8,10H2,1-2H3,(H,15,16). The van der Waals surface area contributed by atoms with Crippen LogP contribution in [-0.2, 0) is 9.53 Å². The summed E-state index contributed by atoms with van der Waals surface area (Å²) in [7, 11) is 0. The highest BCUT2D eigenvalue weighted by Crippen LogP contribution is 2.28. The summed E-state index contributed by atoms with van der Waals surface area (Å²) in [4.78, 5) is 11.8. The molecule has 4 nitrogen and oxygen atoms in total. The zero-order valence-electron chi connectivity index (χ0n) is 10.8.